The number of allylic oxidation sites excluding steroid dienone is 1. The standard InChI is InChI=1S/C12H15N3O2/c13-4-3-10(8-16)11(7-14)12(9-17)15-5-1-2-6-15/h3,16-17H,1-2,5-6,8-9H2/b10-3+,12-11+. The molecular weight excluding hydrogens is 218 g/mol. The van der Waals surface area contributed by atoms with E-state index in [1.807, 2.05) is 11.0 Å². The highest BCUT2D eigenvalue weighted by Crippen LogP contribution is 2.21. The molecular formula is C12H15N3O2. The second-order valence-electron chi connectivity index (χ2n) is 3.74. The van der Waals surface area contributed by atoms with Crippen molar-refractivity contribution >= 4 is 0 Å². The van der Waals surface area contributed by atoms with Crippen molar-refractivity contribution in [1.82, 2.24) is 4.90 Å². The van der Waals surface area contributed by atoms with Gasteiger partial charge < -0.3 is 15.1 Å². The highest BCUT2D eigenvalue weighted by Gasteiger charge is 2.19. The van der Waals surface area contributed by atoms with Crippen molar-refractivity contribution in [3.63, 3.8) is 0 Å². The highest BCUT2D eigenvalue weighted by atomic mass is 16.3. The molecule has 1 rings (SSSR count). The number of rotatable bonds is 4. The highest BCUT2D eigenvalue weighted by molar-refractivity contribution is 5.47. The lowest BCUT2D eigenvalue weighted by molar-refractivity contribution is 0.271. The average Bonchev–Trinajstić information content (AvgIpc) is 2.87. The summed E-state index contributed by atoms with van der Waals surface area (Å²) < 4.78 is 0. The van der Waals surface area contributed by atoms with Crippen LogP contribution in [0.3, 0.4) is 0 Å². The summed E-state index contributed by atoms with van der Waals surface area (Å²) in [6.45, 7) is 0.956. The molecule has 0 spiro atoms. The second kappa shape index (κ2) is 6.70. The molecule has 0 amide bonds. The summed E-state index contributed by atoms with van der Waals surface area (Å²) in [5.41, 5.74) is 0.963. The van der Waals surface area contributed by atoms with E-state index in [-0.39, 0.29) is 24.4 Å². The molecule has 0 unspecified atom stereocenters. The van der Waals surface area contributed by atoms with Crippen LogP contribution in [0.4, 0.5) is 0 Å². The number of nitriles is 2. The van der Waals surface area contributed by atoms with Crippen LogP contribution in [0, 0.1) is 22.7 Å². The molecule has 0 radical (unpaired) electrons. The Labute approximate surface area is 101 Å². The second-order valence-corrected chi connectivity index (χ2v) is 3.74. The number of aliphatic hydroxyl groups is 2. The molecule has 5 heteroatoms. The maximum atomic E-state index is 9.36. The first kappa shape index (κ1) is 13.2. The summed E-state index contributed by atoms with van der Waals surface area (Å²) in [6, 6.07) is 3.76. The monoisotopic (exact) mass is 233 g/mol. The molecule has 1 heterocycles. The van der Waals surface area contributed by atoms with Crippen LogP contribution >= 0.6 is 0 Å². The van der Waals surface area contributed by atoms with Crippen LogP contribution < -0.4 is 0 Å². The van der Waals surface area contributed by atoms with Gasteiger partial charge >= 0.3 is 0 Å². The largest absolute Gasteiger partial charge is 0.392 e. The van der Waals surface area contributed by atoms with Gasteiger partial charge in [-0.05, 0) is 12.8 Å². The van der Waals surface area contributed by atoms with Crippen molar-refractivity contribution in [2.75, 3.05) is 26.3 Å². The number of nitrogens with zero attached hydrogens (tertiary/aromatic N) is 3. The maximum Gasteiger partial charge on any atom is 0.101 e. The molecule has 0 aromatic carbocycles. The van der Waals surface area contributed by atoms with Crippen molar-refractivity contribution in [2.45, 2.75) is 12.8 Å². The normalized spacial score (nSPS) is 17.4. The Hall–Kier alpha value is -1.82. The minimum Gasteiger partial charge on any atom is -0.392 e. The minimum absolute atomic E-state index is 0.207. The van der Waals surface area contributed by atoms with Gasteiger partial charge in [-0.2, -0.15) is 10.5 Å². The minimum atomic E-state index is -0.381. The average molecular weight is 233 g/mol. The molecule has 1 saturated heterocycles. The lowest BCUT2D eigenvalue weighted by Gasteiger charge is -2.21. The summed E-state index contributed by atoms with van der Waals surface area (Å²) in [6.07, 6.45) is 3.20. The summed E-state index contributed by atoms with van der Waals surface area (Å²) in [5, 5.41) is 36.2. The fourth-order valence-corrected chi connectivity index (χ4v) is 1.92. The van der Waals surface area contributed by atoms with E-state index in [1.165, 1.54) is 0 Å². The molecule has 0 bridgehead atoms. The Kier molecular flexibility index (Phi) is 5.22. The third-order valence-corrected chi connectivity index (χ3v) is 2.77. The Morgan fingerprint density at radius 2 is 1.82 bits per heavy atom. The van der Waals surface area contributed by atoms with E-state index < -0.39 is 0 Å². The van der Waals surface area contributed by atoms with Crippen LogP contribution in [0.25, 0.3) is 0 Å². The van der Waals surface area contributed by atoms with Gasteiger partial charge in [0.2, 0.25) is 0 Å². The van der Waals surface area contributed by atoms with Crippen LogP contribution in [-0.4, -0.2) is 41.4 Å². The van der Waals surface area contributed by atoms with Crippen molar-refractivity contribution in [2.24, 2.45) is 0 Å². The van der Waals surface area contributed by atoms with Gasteiger partial charge in [0, 0.05) is 24.7 Å². The van der Waals surface area contributed by atoms with E-state index in [2.05, 4.69) is 0 Å². The van der Waals surface area contributed by atoms with Gasteiger partial charge in [0.1, 0.15) is 6.07 Å². The smallest absolute Gasteiger partial charge is 0.101 e. The quantitative estimate of drug-likeness (QED) is 0.538. The molecule has 5 nitrogen and oxygen atoms in total. The van der Waals surface area contributed by atoms with E-state index >= 15 is 0 Å². The van der Waals surface area contributed by atoms with E-state index in [0.29, 0.717) is 5.70 Å². The number of likely N-dealkylation sites (tertiary alicyclic amines) is 1. The van der Waals surface area contributed by atoms with Crippen LogP contribution in [0.1, 0.15) is 12.8 Å². The van der Waals surface area contributed by atoms with Crippen LogP contribution in [0.5, 0.6) is 0 Å². The molecule has 1 fully saturated rings. The molecule has 90 valence electrons. The molecule has 2 N–H and O–H groups in total. The first-order valence-electron chi connectivity index (χ1n) is 5.47. The summed E-state index contributed by atoms with van der Waals surface area (Å²) >= 11 is 0. The fraction of sp³-hybridized carbons (Fsp3) is 0.500. The Morgan fingerprint density at radius 1 is 1.18 bits per heavy atom. The number of hydrogen-bond acceptors (Lipinski definition) is 5. The van der Waals surface area contributed by atoms with Gasteiger partial charge in [0.05, 0.1) is 30.6 Å². The van der Waals surface area contributed by atoms with Crippen molar-refractivity contribution in [3.05, 3.63) is 22.9 Å². The zero-order chi connectivity index (χ0) is 12.7. The molecule has 0 atom stereocenters. The first-order valence-corrected chi connectivity index (χ1v) is 5.47. The Balaban J connectivity index is 3.14. The summed E-state index contributed by atoms with van der Waals surface area (Å²) in [5.74, 6) is 0. The van der Waals surface area contributed by atoms with Gasteiger partial charge in [0.25, 0.3) is 0 Å². The zero-order valence-corrected chi connectivity index (χ0v) is 9.56. The van der Waals surface area contributed by atoms with E-state index in [4.69, 9.17) is 15.6 Å². The van der Waals surface area contributed by atoms with Gasteiger partial charge in [-0.1, -0.05) is 0 Å². The van der Waals surface area contributed by atoms with Gasteiger partial charge in [-0.15, -0.1) is 0 Å². The molecule has 0 aromatic heterocycles. The summed E-state index contributed by atoms with van der Waals surface area (Å²) in [7, 11) is 0. The zero-order valence-electron chi connectivity index (χ0n) is 9.56. The third kappa shape index (κ3) is 3.07. The van der Waals surface area contributed by atoms with Gasteiger partial charge in [-0.3, -0.25) is 0 Å². The molecule has 0 aliphatic carbocycles. The Morgan fingerprint density at radius 3 is 2.24 bits per heavy atom. The van der Waals surface area contributed by atoms with Crippen LogP contribution in [0.2, 0.25) is 0 Å². The van der Waals surface area contributed by atoms with Crippen LogP contribution in [0.15, 0.2) is 22.9 Å². The molecule has 1 aliphatic heterocycles. The number of hydrogen-bond donors (Lipinski definition) is 2. The van der Waals surface area contributed by atoms with Crippen molar-refractivity contribution < 1.29 is 10.2 Å². The van der Waals surface area contributed by atoms with E-state index in [9.17, 15) is 5.11 Å². The SMILES string of the molecule is N#C/C=C(CO)/C(C#N)=C(\CO)N1CCCC1. The van der Waals surface area contributed by atoms with E-state index in [1.54, 1.807) is 6.07 Å². The molecule has 0 aromatic rings. The molecule has 0 saturated carbocycles. The van der Waals surface area contributed by atoms with Gasteiger partial charge in [0.15, 0.2) is 0 Å². The van der Waals surface area contributed by atoms with E-state index in [0.717, 1.165) is 32.0 Å². The first-order chi connectivity index (χ1) is 8.28. The summed E-state index contributed by atoms with van der Waals surface area (Å²) in [4.78, 5) is 1.93. The van der Waals surface area contributed by atoms with Gasteiger partial charge in [-0.25, -0.2) is 0 Å². The lowest BCUT2D eigenvalue weighted by Crippen LogP contribution is -2.23. The predicted octanol–water partition coefficient (Wildman–Crippen LogP) is 0.294. The maximum absolute atomic E-state index is 9.36. The third-order valence-electron chi connectivity index (χ3n) is 2.77. The predicted molar refractivity (Wildman–Crippen MR) is 61.3 cm³/mol. The topological polar surface area (TPSA) is 91.3 Å². The molecule has 17 heavy (non-hydrogen) atoms. The van der Waals surface area contributed by atoms with Crippen molar-refractivity contribution in [1.29, 1.82) is 10.5 Å². The number of aliphatic hydroxyl groups excluding tert-OH is 2. The fourth-order valence-electron chi connectivity index (χ4n) is 1.92. The van der Waals surface area contributed by atoms with Crippen molar-refractivity contribution in [3.8, 4) is 12.1 Å². The van der Waals surface area contributed by atoms with Crippen LogP contribution in [-0.2, 0) is 0 Å². The molecule has 1 aliphatic rings. The lowest BCUT2D eigenvalue weighted by atomic mass is 10.1. The Bertz CT molecular complexity index is 406.